The van der Waals surface area contributed by atoms with E-state index in [0.29, 0.717) is 23.2 Å². The first-order valence-electron chi connectivity index (χ1n) is 12.3. The summed E-state index contributed by atoms with van der Waals surface area (Å²) < 4.78 is 11.1. The van der Waals surface area contributed by atoms with Crippen molar-refractivity contribution in [2.45, 2.75) is 39.7 Å². The molecule has 0 aliphatic carbocycles. The number of methoxy groups -OCH3 is 2. The van der Waals surface area contributed by atoms with Crippen molar-refractivity contribution in [2.24, 2.45) is 4.99 Å². The van der Waals surface area contributed by atoms with Crippen LogP contribution in [0.4, 0.5) is 11.4 Å². The average molecular weight is 506 g/mol. The van der Waals surface area contributed by atoms with Crippen LogP contribution in [0.1, 0.15) is 45.2 Å². The van der Waals surface area contributed by atoms with Crippen molar-refractivity contribution < 1.29 is 14.3 Å². The molecule has 2 aromatic carbocycles. The molecule has 0 saturated carbocycles. The molecule has 4 rings (SSSR count). The SMILES string of the molecule is CCCN1c2cc(OC)c(/C=C3/SC(=Nc4ccccc4)N(CCOC)C3=O)cc2C(C)=CC1(C)C. The van der Waals surface area contributed by atoms with Crippen LogP contribution in [-0.2, 0) is 9.53 Å². The van der Waals surface area contributed by atoms with Gasteiger partial charge in [0.1, 0.15) is 5.75 Å². The minimum atomic E-state index is -0.0833. The van der Waals surface area contributed by atoms with Crippen molar-refractivity contribution in [3.63, 3.8) is 0 Å². The quantitative estimate of drug-likeness (QED) is 0.391. The first-order valence-corrected chi connectivity index (χ1v) is 13.1. The number of hydrogen-bond donors (Lipinski definition) is 0. The molecule has 1 saturated heterocycles. The normalized spacial score (nSPS) is 19.2. The van der Waals surface area contributed by atoms with Gasteiger partial charge in [-0.2, -0.15) is 0 Å². The lowest BCUT2D eigenvalue weighted by atomic mass is 9.87. The molecular weight excluding hydrogens is 470 g/mol. The zero-order valence-corrected chi connectivity index (χ0v) is 22.8. The fourth-order valence-corrected chi connectivity index (χ4v) is 5.78. The number of carbonyl (C=O) groups is 1. The molecule has 1 amide bonds. The highest BCUT2D eigenvalue weighted by atomic mass is 32.2. The van der Waals surface area contributed by atoms with E-state index in [9.17, 15) is 4.79 Å². The Hall–Kier alpha value is -3.03. The largest absolute Gasteiger partial charge is 0.496 e. The highest BCUT2D eigenvalue weighted by molar-refractivity contribution is 8.18. The molecule has 0 bridgehead atoms. The van der Waals surface area contributed by atoms with Crippen molar-refractivity contribution in [1.82, 2.24) is 4.90 Å². The molecule has 2 heterocycles. The molecule has 0 N–H and O–H groups in total. The zero-order valence-electron chi connectivity index (χ0n) is 22.0. The molecule has 1 fully saturated rings. The van der Waals surface area contributed by atoms with Gasteiger partial charge in [0.15, 0.2) is 5.17 Å². The third-order valence-electron chi connectivity index (χ3n) is 6.45. The molecular formula is C29H35N3O3S. The van der Waals surface area contributed by atoms with Crippen molar-refractivity contribution in [2.75, 3.05) is 38.8 Å². The van der Waals surface area contributed by atoms with E-state index in [1.807, 2.05) is 36.4 Å². The number of anilines is 1. The van der Waals surface area contributed by atoms with Gasteiger partial charge in [0.2, 0.25) is 0 Å². The summed E-state index contributed by atoms with van der Waals surface area (Å²) in [7, 11) is 3.32. The predicted molar refractivity (Wildman–Crippen MR) is 151 cm³/mol. The number of ether oxygens (including phenoxy) is 2. The number of carbonyl (C=O) groups excluding carboxylic acids is 1. The summed E-state index contributed by atoms with van der Waals surface area (Å²) in [5, 5.41) is 0.651. The number of thioether (sulfide) groups is 1. The average Bonchev–Trinajstić information content (AvgIpc) is 3.14. The number of aliphatic imine (C=N–C) groups is 1. The highest BCUT2D eigenvalue weighted by Gasteiger charge is 2.35. The first-order chi connectivity index (χ1) is 17.3. The number of rotatable bonds is 8. The maximum absolute atomic E-state index is 13.4. The van der Waals surface area contributed by atoms with E-state index in [1.54, 1.807) is 19.1 Å². The number of para-hydroxylation sites is 1. The lowest BCUT2D eigenvalue weighted by Crippen LogP contribution is -2.45. The fourth-order valence-electron chi connectivity index (χ4n) is 4.77. The number of benzene rings is 2. The third-order valence-corrected chi connectivity index (χ3v) is 7.46. The second-order valence-corrected chi connectivity index (χ2v) is 10.5. The number of hydrogen-bond acceptors (Lipinski definition) is 6. The lowest BCUT2D eigenvalue weighted by molar-refractivity contribution is -0.122. The Morgan fingerprint density at radius 2 is 1.86 bits per heavy atom. The van der Waals surface area contributed by atoms with Crippen molar-refractivity contribution >= 4 is 45.9 Å². The van der Waals surface area contributed by atoms with E-state index in [-0.39, 0.29) is 11.4 Å². The van der Waals surface area contributed by atoms with E-state index < -0.39 is 0 Å². The van der Waals surface area contributed by atoms with Crippen LogP contribution in [0.15, 0.2) is 58.4 Å². The Morgan fingerprint density at radius 3 is 2.53 bits per heavy atom. The third kappa shape index (κ3) is 5.22. The van der Waals surface area contributed by atoms with Gasteiger partial charge >= 0.3 is 0 Å². The summed E-state index contributed by atoms with van der Waals surface area (Å²) in [5.74, 6) is 0.672. The van der Waals surface area contributed by atoms with E-state index in [4.69, 9.17) is 14.5 Å². The Balaban J connectivity index is 1.76. The van der Waals surface area contributed by atoms with Crippen LogP contribution in [0.2, 0.25) is 0 Å². The van der Waals surface area contributed by atoms with Crippen molar-refractivity contribution in [1.29, 1.82) is 0 Å². The van der Waals surface area contributed by atoms with E-state index in [0.717, 1.165) is 30.0 Å². The number of fused-ring (bicyclic) bond motifs is 1. The van der Waals surface area contributed by atoms with Crippen LogP contribution in [0.3, 0.4) is 0 Å². The van der Waals surface area contributed by atoms with E-state index in [1.165, 1.54) is 28.6 Å². The molecule has 2 aliphatic heterocycles. The molecule has 0 unspecified atom stereocenters. The second-order valence-electron chi connectivity index (χ2n) is 9.53. The van der Waals surface area contributed by atoms with Gasteiger partial charge in [0.25, 0.3) is 5.91 Å². The Morgan fingerprint density at radius 1 is 1.11 bits per heavy atom. The minimum absolute atomic E-state index is 0.0764. The maximum Gasteiger partial charge on any atom is 0.266 e. The van der Waals surface area contributed by atoms with E-state index >= 15 is 0 Å². The molecule has 2 aromatic rings. The summed E-state index contributed by atoms with van der Waals surface area (Å²) in [5.41, 5.74) is 5.16. The van der Waals surface area contributed by atoms with Crippen LogP contribution in [0, 0.1) is 0 Å². The van der Waals surface area contributed by atoms with E-state index in [2.05, 4.69) is 50.8 Å². The summed E-state index contributed by atoms with van der Waals surface area (Å²) in [4.78, 5) is 22.9. The number of amidine groups is 1. The molecule has 0 radical (unpaired) electrons. The van der Waals surface area contributed by atoms with Gasteiger partial charge in [-0.3, -0.25) is 9.69 Å². The Labute approximate surface area is 218 Å². The molecule has 7 heteroatoms. The van der Waals surface area contributed by atoms with Gasteiger partial charge in [-0.05, 0) is 68.8 Å². The Bertz CT molecular complexity index is 1220. The molecule has 190 valence electrons. The standard InChI is InChI=1S/C29H35N3O3S/c1-7-13-32-24-18-25(35-6)21(16-23(24)20(2)19-29(32,3)4)17-26-27(33)31(14-15-34-5)28(36-26)30-22-11-9-8-10-12-22/h8-12,16-19H,7,13-15H2,1-6H3/b26-17+,30-28?. The summed E-state index contributed by atoms with van der Waals surface area (Å²) in [6.07, 6.45) is 5.30. The Kier molecular flexibility index (Phi) is 7.91. The van der Waals surface area contributed by atoms with Gasteiger partial charge in [-0.1, -0.05) is 31.2 Å². The number of nitrogens with zero attached hydrogens (tertiary/aromatic N) is 3. The van der Waals surface area contributed by atoms with Crippen LogP contribution in [-0.4, -0.2) is 55.4 Å². The van der Waals surface area contributed by atoms with Gasteiger partial charge in [-0.15, -0.1) is 0 Å². The first kappa shape index (κ1) is 26.0. The monoisotopic (exact) mass is 505 g/mol. The summed E-state index contributed by atoms with van der Waals surface area (Å²) in [6, 6.07) is 13.9. The molecule has 0 spiro atoms. The van der Waals surface area contributed by atoms with Gasteiger partial charge in [0, 0.05) is 36.5 Å². The molecule has 36 heavy (non-hydrogen) atoms. The van der Waals surface area contributed by atoms with Crippen LogP contribution in [0.25, 0.3) is 11.6 Å². The molecule has 0 aromatic heterocycles. The summed E-state index contributed by atoms with van der Waals surface area (Å²) >= 11 is 1.38. The highest BCUT2D eigenvalue weighted by Crippen LogP contribution is 2.44. The molecule has 0 atom stereocenters. The number of amides is 1. The number of allylic oxidation sites excluding steroid dienone is 1. The van der Waals surface area contributed by atoms with Crippen molar-refractivity contribution in [3.8, 4) is 5.75 Å². The second kappa shape index (κ2) is 10.9. The predicted octanol–water partition coefficient (Wildman–Crippen LogP) is 6.36. The van der Waals surface area contributed by atoms with Gasteiger partial charge in [-0.25, -0.2) is 4.99 Å². The smallest absolute Gasteiger partial charge is 0.266 e. The van der Waals surface area contributed by atoms with Crippen LogP contribution < -0.4 is 9.64 Å². The molecule has 2 aliphatic rings. The fraction of sp³-hybridized carbons (Fsp3) is 0.379. The van der Waals surface area contributed by atoms with Gasteiger partial charge in [0.05, 0.1) is 36.4 Å². The zero-order chi connectivity index (χ0) is 25.9. The van der Waals surface area contributed by atoms with Crippen LogP contribution in [0.5, 0.6) is 5.75 Å². The van der Waals surface area contributed by atoms with Crippen LogP contribution >= 0.6 is 11.8 Å². The minimum Gasteiger partial charge on any atom is -0.496 e. The summed E-state index contributed by atoms with van der Waals surface area (Å²) in [6.45, 7) is 10.7. The topological polar surface area (TPSA) is 54.4 Å². The maximum atomic E-state index is 13.4. The lowest BCUT2D eigenvalue weighted by Gasteiger charge is -2.43. The molecule has 6 nitrogen and oxygen atoms in total. The van der Waals surface area contributed by atoms with Crippen molar-refractivity contribution in [3.05, 3.63) is 64.6 Å². The van der Waals surface area contributed by atoms with Gasteiger partial charge < -0.3 is 14.4 Å².